The van der Waals surface area contributed by atoms with Crippen LogP contribution < -0.4 is 10.1 Å². The molecule has 4 aromatic rings. The molecular weight excluding hydrogens is 378 g/mol. The molecule has 0 saturated heterocycles. The Hall–Kier alpha value is -3.03. The molecule has 0 atom stereocenters. The average Bonchev–Trinajstić information content (AvgIpc) is 3.39. The van der Waals surface area contributed by atoms with Crippen molar-refractivity contribution in [3.63, 3.8) is 0 Å². The molecule has 2 heterocycles. The molecule has 0 fully saturated rings. The van der Waals surface area contributed by atoms with Crippen molar-refractivity contribution in [2.75, 3.05) is 5.32 Å². The highest BCUT2D eigenvalue weighted by molar-refractivity contribution is 7.10. The molecule has 0 aliphatic heterocycles. The van der Waals surface area contributed by atoms with Crippen LogP contribution in [0.4, 0.5) is 5.13 Å². The zero-order valence-corrected chi connectivity index (χ0v) is 15.8. The molecule has 134 valence electrons. The largest absolute Gasteiger partial charge is 0.488 e. The van der Waals surface area contributed by atoms with Gasteiger partial charge in [0.25, 0.3) is 5.91 Å². The van der Waals surface area contributed by atoms with E-state index in [0.29, 0.717) is 28.9 Å². The quantitative estimate of drug-likeness (QED) is 0.495. The van der Waals surface area contributed by atoms with Crippen LogP contribution in [0.5, 0.6) is 5.75 Å². The predicted molar refractivity (Wildman–Crippen MR) is 108 cm³/mol. The Morgan fingerprint density at radius 2 is 1.93 bits per heavy atom. The number of carbonyl (C=O) groups excluding carboxylic acids is 1. The van der Waals surface area contributed by atoms with Gasteiger partial charge in [0.05, 0.1) is 0 Å². The van der Waals surface area contributed by atoms with Gasteiger partial charge >= 0.3 is 0 Å². The number of carbonyl (C=O) groups is 1. The maximum Gasteiger partial charge on any atom is 0.257 e. The van der Waals surface area contributed by atoms with Crippen LogP contribution in [0.2, 0.25) is 0 Å². The Morgan fingerprint density at radius 1 is 1.04 bits per heavy atom. The van der Waals surface area contributed by atoms with Gasteiger partial charge in [0.1, 0.15) is 12.4 Å². The monoisotopic (exact) mass is 393 g/mol. The summed E-state index contributed by atoms with van der Waals surface area (Å²) in [5.74, 6) is 1.01. The van der Waals surface area contributed by atoms with Gasteiger partial charge in [0.2, 0.25) is 5.13 Å². The standard InChI is InChI=1S/C20H15N3O2S2/c24-19(22-20-21-18(23-27-20)14-6-2-1-3-7-14)15-8-4-9-16(12-15)25-13-17-10-5-11-26-17/h1-12H,13H2,(H,21,22,23,24). The van der Waals surface area contributed by atoms with E-state index < -0.39 is 0 Å². The first-order chi connectivity index (χ1) is 13.3. The van der Waals surface area contributed by atoms with Gasteiger partial charge in [-0.2, -0.15) is 9.36 Å². The summed E-state index contributed by atoms with van der Waals surface area (Å²) in [4.78, 5) is 18.0. The van der Waals surface area contributed by atoms with Crippen LogP contribution in [0.15, 0.2) is 72.1 Å². The highest BCUT2D eigenvalue weighted by Gasteiger charge is 2.12. The number of ether oxygens (including phenoxy) is 1. The number of nitrogens with one attached hydrogen (secondary N) is 1. The fourth-order valence-corrected chi connectivity index (χ4v) is 3.63. The topological polar surface area (TPSA) is 64.1 Å². The highest BCUT2D eigenvalue weighted by Crippen LogP contribution is 2.22. The van der Waals surface area contributed by atoms with Gasteiger partial charge in [-0.1, -0.05) is 42.5 Å². The van der Waals surface area contributed by atoms with Crippen LogP contribution in [-0.2, 0) is 6.61 Å². The Balaban J connectivity index is 1.42. The van der Waals surface area contributed by atoms with Gasteiger partial charge in [0, 0.05) is 27.5 Å². The zero-order chi connectivity index (χ0) is 18.5. The van der Waals surface area contributed by atoms with Gasteiger partial charge in [0.15, 0.2) is 5.82 Å². The fraction of sp³-hybridized carbons (Fsp3) is 0.0500. The summed E-state index contributed by atoms with van der Waals surface area (Å²) >= 11 is 2.79. The molecule has 4 rings (SSSR count). The third-order valence-electron chi connectivity index (χ3n) is 3.74. The number of benzene rings is 2. The molecule has 0 unspecified atom stereocenters. The maximum atomic E-state index is 12.5. The van der Waals surface area contributed by atoms with Gasteiger partial charge in [-0.25, -0.2) is 0 Å². The summed E-state index contributed by atoms with van der Waals surface area (Å²) in [6, 6.07) is 20.8. The second kappa shape index (κ2) is 8.11. The van der Waals surface area contributed by atoms with Gasteiger partial charge in [-0.05, 0) is 29.6 Å². The third kappa shape index (κ3) is 4.39. The summed E-state index contributed by atoms with van der Waals surface area (Å²) in [6.45, 7) is 0.486. The van der Waals surface area contributed by atoms with Gasteiger partial charge in [-0.15, -0.1) is 11.3 Å². The molecule has 0 saturated carbocycles. The Labute approximate surface area is 164 Å². The first kappa shape index (κ1) is 17.4. The van der Waals surface area contributed by atoms with Crippen LogP contribution >= 0.6 is 22.9 Å². The maximum absolute atomic E-state index is 12.5. The molecule has 0 radical (unpaired) electrons. The summed E-state index contributed by atoms with van der Waals surface area (Å²) in [5.41, 5.74) is 1.42. The van der Waals surface area contributed by atoms with Crippen molar-refractivity contribution in [1.82, 2.24) is 9.36 Å². The van der Waals surface area contributed by atoms with Crippen molar-refractivity contribution >= 4 is 33.9 Å². The lowest BCUT2D eigenvalue weighted by Gasteiger charge is -2.07. The molecule has 0 bridgehead atoms. The van der Waals surface area contributed by atoms with E-state index in [2.05, 4.69) is 14.7 Å². The Kier molecular flexibility index (Phi) is 5.22. The van der Waals surface area contributed by atoms with Crippen molar-refractivity contribution < 1.29 is 9.53 Å². The van der Waals surface area contributed by atoms with Gasteiger partial charge in [-0.3, -0.25) is 10.1 Å². The number of amides is 1. The van der Waals surface area contributed by atoms with Crippen molar-refractivity contribution in [2.45, 2.75) is 6.61 Å². The van der Waals surface area contributed by atoms with E-state index in [9.17, 15) is 4.79 Å². The fourth-order valence-electron chi connectivity index (χ4n) is 2.42. The number of rotatable bonds is 6. The number of hydrogen-bond acceptors (Lipinski definition) is 6. The Morgan fingerprint density at radius 3 is 2.74 bits per heavy atom. The average molecular weight is 393 g/mol. The lowest BCUT2D eigenvalue weighted by molar-refractivity contribution is 0.102. The number of anilines is 1. The molecular formula is C20H15N3O2S2. The number of aromatic nitrogens is 2. The van der Waals surface area contributed by atoms with Crippen molar-refractivity contribution in [2.24, 2.45) is 0 Å². The van der Waals surface area contributed by atoms with Crippen LogP contribution in [0.3, 0.4) is 0 Å². The summed E-state index contributed by atoms with van der Waals surface area (Å²) in [6.07, 6.45) is 0. The molecule has 2 aromatic heterocycles. The van der Waals surface area contributed by atoms with E-state index in [1.807, 2.05) is 53.9 Å². The second-order valence-corrected chi connectivity index (χ2v) is 7.42. The SMILES string of the molecule is O=C(Nc1nc(-c2ccccc2)ns1)c1cccc(OCc2cccs2)c1. The van der Waals surface area contributed by atoms with Crippen molar-refractivity contribution in [1.29, 1.82) is 0 Å². The minimum Gasteiger partial charge on any atom is -0.488 e. The first-order valence-corrected chi connectivity index (χ1v) is 9.89. The number of thiophene rings is 1. The lowest BCUT2D eigenvalue weighted by Crippen LogP contribution is -2.11. The molecule has 7 heteroatoms. The van der Waals surface area contributed by atoms with Crippen LogP contribution in [-0.4, -0.2) is 15.3 Å². The minimum absolute atomic E-state index is 0.243. The third-order valence-corrected chi connectivity index (χ3v) is 5.22. The first-order valence-electron chi connectivity index (χ1n) is 8.24. The summed E-state index contributed by atoms with van der Waals surface area (Å²) in [5, 5.41) is 5.27. The van der Waals surface area contributed by atoms with Crippen LogP contribution in [0.25, 0.3) is 11.4 Å². The van der Waals surface area contributed by atoms with E-state index >= 15 is 0 Å². The molecule has 0 aliphatic carbocycles. The Bertz CT molecular complexity index is 1030. The smallest absolute Gasteiger partial charge is 0.257 e. The molecule has 5 nitrogen and oxygen atoms in total. The van der Waals surface area contributed by atoms with Crippen LogP contribution in [0, 0.1) is 0 Å². The predicted octanol–water partition coefficient (Wildman–Crippen LogP) is 5.10. The minimum atomic E-state index is -0.243. The van der Waals surface area contributed by atoms with Crippen molar-refractivity contribution in [3.05, 3.63) is 82.6 Å². The molecule has 27 heavy (non-hydrogen) atoms. The van der Waals surface area contributed by atoms with Crippen molar-refractivity contribution in [3.8, 4) is 17.1 Å². The summed E-state index contributed by atoms with van der Waals surface area (Å²) < 4.78 is 10.1. The van der Waals surface area contributed by atoms with E-state index in [4.69, 9.17) is 4.74 Å². The molecule has 0 aliphatic rings. The van der Waals surface area contributed by atoms with Crippen LogP contribution in [0.1, 0.15) is 15.2 Å². The molecule has 2 aromatic carbocycles. The number of hydrogen-bond donors (Lipinski definition) is 1. The second-order valence-electron chi connectivity index (χ2n) is 5.64. The normalized spacial score (nSPS) is 10.5. The highest BCUT2D eigenvalue weighted by atomic mass is 32.1. The van der Waals surface area contributed by atoms with E-state index in [1.165, 1.54) is 0 Å². The zero-order valence-electron chi connectivity index (χ0n) is 14.2. The lowest BCUT2D eigenvalue weighted by atomic mass is 10.2. The number of nitrogens with zero attached hydrogens (tertiary/aromatic N) is 2. The summed E-state index contributed by atoms with van der Waals surface area (Å²) in [7, 11) is 0. The van der Waals surface area contributed by atoms with Gasteiger partial charge < -0.3 is 4.74 Å². The molecule has 0 spiro atoms. The molecule has 1 amide bonds. The van der Waals surface area contributed by atoms with E-state index in [1.54, 1.807) is 29.5 Å². The molecule has 1 N–H and O–H groups in total. The van der Waals surface area contributed by atoms with E-state index in [-0.39, 0.29) is 5.91 Å². The van der Waals surface area contributed by atoms with E-state index in [0.717, 1.165) is 22.0 Å².